The van der Waals surface area contributed by atoms with Crippen molar-refractivity contribution in [3.8, 4) is 0 Å². The van der Waals surface area contributed by atoms with Gasteiger partial charge in [-0.1, -0.05) is 13.8 Å². The van der Waals surface area contributed by atoms with Gasteiger partial charge in [0.1, 0.15) is 0 Å². The van der Waals surface area contributed by atoms with Gasteiger partial charge < -0.3 is 15.1 Å². The third-order valence-electron chi connectivity index (χ3n) is 3.44. The van der Waals surface area contributed by atoms with Gasteiger partial charge in [0, 0.05) is 25.2 Å². The van der Waals surface area contributed by atoms with E-state index in [0.29, 0.717) is 6.04 Å². The first-order valence-corrected chi connectivity index (χ1v) is 6.29. The molecule has 1 rings (SSSR count). The zero-order chi connectivity index (χ0) is 11.3. The zero-order valence-corrected chi connectivity index (χ0v) is 10.8. The highest BCUT2D eigenvalue weighted by molar-refractivity contribution is 4.83. The van der Waals surface area contributed by atoms with E-state index in [2.05, 4.69) is 43.1 Å². The summed E-state index contributed by atoms with van der Waals surface area (Å²) in [4.78, 5) is 4.95. The molecular formula is C12H27N3. The molecule has 0 bridgehead atoms. The second kappa shape index (κ2) is 6.46. The van der Waals surface area contributed by atoms with Gasteiger partial charge >= 0.3 is 0 Å². The summed E-state index contributed by atoms with van der Waals surface area (Å²) >= 11 is 0. The highest BCUT2D eigenvalue weighted by Crippen LogP contribution is 2.13. The third kappa shape index (κ3) is 4.09. The molecule has 0 saturated carbocycles. The van der Waals surface area contributed by atoms with Gasteiger partial charge in [-0.3, -0.25) is 0 Å². The average molecular weight is 213 g/mol. The molecule has 0 aromatic rings. The van der Waals surface area contributed by atoms with E-state index in [-0.39, 0.29) is 0 Å². The lowest BCUT2D eigenvalue weighted by molar-refractivity contribution is 0.248. The fourth-order valence-corrected chi connectivity index (χ4v) is 2.34. The van der Waals surface area contributed by atoms with Crippen LogP contribution < -0.4 is 5.32 Å². The van der Waals surface area contributed by atoms with Crippen molar-refractivity contribution in [1.82, 2.24) is 15.1 Å². The smallest absolute Gasteiger partial charge is 0.0229 e. The fraction of sp³-hybridized carbons (Fsp3) is 1.00. The minimum absolute atomic E-state index is 0.677. The van der Waals surface area contributed by atoms with Crippen molar-refractivity contribution in [2.75, 3.05) is 40.3 Å². The molecule has 0 aromatic carbocycles. The molecule has 0 amide bonds. The summed E-state index contributed by atoms with van der Waals surface area (Å²) in [5, 5.41) is 3.55. The van der Waals surface area contributed by atoms with E-state index in [4.69, 9.17) is 0 Å². The second-order valence-corrected chi connectivity index (χ2v) is 4.83. The average Bonchev–Trinajstić information content (AvgIpc) is 2.65. The van der Waals surface area contributed by atoms with Crippen LogP contribution in [0, 0.1) is 0 Å². The van der Waals surface area contributed by atoms with Crippen LogP contribution in [0.25, 0.3) is 0 Å². The van der Waals surface area contributed by atoms with Crippen molar-refractivity contribution in [3.63, 3.8) is 0 Å². The number of hydrogen-bond acceptors (Lipinski definition) is 3. The maximum Gasteiger partial charge on any atom is 0.0229 e. The fourth-order valence-electron chi connectivity index (χ4n) is 2.34. The normalized spacial score (nSPS) is 25.0. The Bertz CT molecular complexity index is 170. The van der Waals surface area contributed by atoms with Crippen LogP contribution in [0.3, 0.4) is 0 Å². The Balaban J connectivity index is 2.27. The monoisotopic (exact) mass is 213 g/mol. The van der Waals surface area contributed by atoms with Gasteiger partial charge in [-0.15, -0.1) is 0 Å². The van der Waals surface area contributed by atoms with E-state index in [0.717, 1.165) is 12.6 Å². The number of likely N-dealkylation sites (N-methyl/N-ethyl adjacent to an activating group) is 2. The second-order valence-electron chi connectivity index (χ2n) is 4.83. The lowest BCUT2D eigenvalue weighted by Gasteiger charge is -2.24. The largest absolute Gasteiger partial charge is 0.313 e. The molecule has 1 N–H and O–H groups in total. The maximum atomic E-state index is 3.55. The summed E-state index contributed by atoms with van der Waals surface area (Å²) in [5.74, 6) is 0. The molecule has 3 nitrogen and oxygen atoms in total. The van der Waals surface area contributed by atoms with Crippen molar-refractivity contribution in [3.05, 3.63) is 0 Å². The molecule has 90 valence electrons. The predicted octanol–water partition coefficient (Wildman–Crippen LogP) is 1.01. The Labute approximate surface area is 94.8 Å². The van der Waals surface area contributed by atoms with Crippen LogP contribution in [0.4, 0.5) is 0 Å². The Morgan fingerprint density at radius 3 is 2.60 bits per heavy atom. The molecule has 0 radical (unpaired) electrons. The van der Waals surface area contributed by atoms with Gasteiger partial charge in [0.15, 0.2) is 0 Å². The predicted molar refractivity (Wildman–Crippen MR) is 66.3 cm³/mol. The lowest BCUT2D eigenvalue weighted by Crippen LogP contribution is -2.41. The molecule has 1 saturated heterocycles. The molecule has 1 aliphatic rings. The summed E-state index contributed by atoms with van der Waals surface area (Å²) in [5.41, 5.74) is 0. The van der Waals surface area contributed by atoms with Gasteiger partial charge in [-0.05, 0) is 40.0 Å². The van der Waals surface area contributed by atoms with E-state index in [1.54, 1.807) is 0 Å². The van der Waals surface area contributed by atoms with E-state index < -0.39 is 0 Å². The highest BCUT2D eigenvalue weighted by atomic mass is 15.2. The SMILES string of the molecule is CCNC(CC)CN1CCC(N(C)C)C1. The van der Waals surface area contributed by atoms with Crippen molar-refractivity contribution >= 4 is 0 Å². The first-order chi connectivity index (χ1) is 7.17. The van der Waals surface area contributed by atoms with E-state index in [9.17, 15) is 0 Å². The van der Waals surface area contributed by atoms with E-state index in [1.165, 1.54) is 32.5 Å². The Morgan fingerprint density at radius 1 is 1.40 bits per heavy atom. The Hall–Kier alpha value is -0.120. The summed E-state index contributed by atoms with van der Waals surface area (Å²) in [6.07, 6.45) is 2.56. The summed E-state index contributed by atoms with van der Waals surface area (Å²) in [6.45, 7) is 9.28. The van der Waals surface area contributed by atoms with Gasteiger partial charge in [0.2, 0.25) is 0 Å². The number of likely N-dealkylation sites (tertiary alicyclic amines) is 1. The van der Waals surface area contributed by atoms with Crippen molar-refractivity contribution in [2.24, 2.45) is 0 Å². The first-order valence-electron chi connectivity index (χ1n) is 6.29. The van der Waals surface area contributed by atoms with Crippen LogP contribution in [-0.2, 0) is 0 Å². The van der Waals surface area contributed by atoms with Gasteiger partial charge in [0.05, 0.1) is 0 Å². The lowest BCUT2D eigenvalue weighted by atomic mass is 10.2. The van der Waals surface area contributed by atoms with Crippen molar-refractivity contribution in [1.29, 1.82) is 0 Å². The third-order valence-corrected chi connectivity index (χ3v) is 3.44. The van der Waals surface area contributed by atoms with Gasteiger partial charge in [-0.25, -0.2) is 0 Å². The summed E-state index contributed by atoms with van der Waals surface area (Å²) in [6, 6.07) is 1.44. The van der Waals surface area contributed by atoms with Crippen LogP contribution in [0.15, 0.2) is 0 Å². The number of nitrogens with zero attached hydrogens (tertiary/aromatic N) is 2. The molecule has 0 aliphatic carbocycles. The van der Waals surface area contributed by atoms with Gasteiger partial charge in [-0.2, -0.15) is 0 Å². The molecule has 2 atom stereocenters. The Morgan fingerprint density at radius 2 is 2.13 bits per heavy atom. The van der Waals surface area contributed by atoms with Crippen LogP contribution in [0.1, 0.15) is 26.7 Å². The maximum absolute atomic E-state index is 3.55. The number of nitrogens with one attached hydrogen (secondary N) is 1. The minimum Gasteiger partial charge on any atom is -0.313 e. The molecule has 2 unspecified atom stereocenters. The highest BCUT2D eigenvalue weighted by Gasteiger charge is 2.24. The van der Waals surface area contributed by atoms with Crippen LogP contribution in [0.5, 0.6) is 0 Å². The van der Waals surface area contributed by atoms with Gasteiger partial charge in [0.25, 0.3) is 0 Å². The van der Waals surface area contributed by atoms with Crippen molar-refractivity contribution in [2.45, 2.75) is 38.8 Å². The number of rotatable bonds is 6. The molecule has 0 aromatic heterocycles. The molecule has 0 spiro atoms. The molecular weight excluding hydrogens is 186 g/mol. The van der Waals surface area contributed by atoms with Crippen LogP contribution in [-0.4, -0.2) is 62.2 Å². The summed E-state index contributed by atoms with van der Waals surface area (Å²) in [7, 11) is 4.38. The zero-order valence-electron chi connectivity index (χ0n) is 10.8. The number of hydrogen-bond donors (Lipinski definition) is 1. The quantitative estimate of drug-likeness (QED) is 0.710. The molecule has 1 aliphatic heterocycles. The van der Waals surface area contributed by atoms with E-state index in [1.807, 2.05) is 0 Å². The standard InChI is InChI=1S/C12H27N3/c1-5-11(13-6-2)9-15-8-7-12(10-15)14(3)4/h11-13H,5-10H2,1-4H3. The molecule has 1 fully saturated rings. The van der Waals surface area contributed by atoms with Crippen LogP contribution >= 0.6 is 0 Å². The van der Waals surface area contributed by atoms with Crippen LogP contribution in [0.2, 0.25) is 0 Å². The Kier molecular flexibility index (Phi) is 5.58. The first kappa shape index (κ1) is 12.9. The molecule has 1 heterocycles. The molecule has 15 heavy (non-hydrogen) atoms. The topological polar surface area (TPSA) is 18.5 Å². The minimum atomic E-state index is 0.677. The van der Waals surface area contributed by atoms with Crippen molar-refractivity contribution < 1.29 is 0 Å². The molecule has 3 heteroatoms. The van der Waals surface area contributed by atoms with E-state index >= 15 is 0 Å². The summed E-state index contributed by atoms with van der Waals surface area (Å²) < 4.78 is 0.